The lowest BCUT2D eigenvalue weighted by Crippen LogP contribution is -2.39. The van der Waals surface area contributed by atoms with E-state index in [1.807, 2.05) is 13.8 Å². The quantitative estimate of drug-likeness (QED) is 0.492. The van der Waals surface area contributed by atoms with Gasteiger partial charge in [0.15, 0.2) is 12.4 Å². The molecule has 3 heterocycles. The van der Waals surface area contributed by atoms with Gasteiger partial charge in [-0.2, -0.15) is 0 Å². The fraction of sp³-hybridized carbons (Fsp3) is 0.700. The maximum absolute atomic E-state index is 15.5. The minimum absolute atomic E-state index is 0.0585. The second kappa shape index (κ2) is 8.54. The number of fused-ring (bicyclic) bond motifs is 1. The first-order chi connectivity index (χ1) is 14.5. The summed E-state index contributed by atoms with van der Waals surface area (Å²) in [6, 6.07) is 1.16. The highest BCUT2D eigenvalue weighted by Gasteiger charge is 2.56. The monoisotopic (exact) mass is 490 g/mol. The Morgan fingerprint density at radius 3 is 2.94 bits per heavy atom. The number of allylic oxidation sites excluding steroid dienone is 1. The number of ether oxygens (including phenoxy) is 1. The summed E-state index contributed by atoms with van der Waals surface area (Å²) < 4.78 is 34.7. The molecule has 0 spiro atoms. The lowest BCUT2D eigenvalue weighted by Gasteiger charge is -2.37. The van der Waals surface area contributed by atoms with Crippen LogP contribution in [0.1, 0.15) is 52.7 Å². The summed E-state index contributed by atoms with van der Waals surface area (Å²) in [7, 11) is 0. The van der Waals surface area contributed by atoms with Crippen LogP contribution < -0.4 is 11.2 Å². The van der Waals surface area contributed by atoms with Crippen LogP contribution in [-0.4, -0.2) is 38.8 Å². The summed E-state index contributed by atoms with van der Waals surface area (Å²) in [4.78, 5) is 25.6. The second-order valence-electron chi connectivity index (χ2n) is 8.77. The molecule has 1 N–H and O–H groups in total. The van der Waals surface area contributed by atoms with Crippen LogP contribution in [0.5, 0.6) is 0 Å². The number of aromatic amines is 1. The van der Waals surface area contributed by atoms with E-state index < -0.39 is 41.6 Å². The summed E-state index contributed by atoms with van der Waals surface area (Å²) in [6.07, 6.45) is 0.114. The minimum Gasteiger partial charge on any atom is -0.349 e. The highest BCUT2D eigenvalue weighted by atomic mass is 32.9. The van der Waals surface area contributed by atoms with E-state index in [0.29, 0.717) is 12.3 Å². The molecule has 1 aliphatic carbocycles. The number of H-pyrrole nitrogens is 1. The van der Waals surface area contributed by atoms with Crippen LogP contribution in [0.25, 0.3) is 0 Å². The number of alkyl halides is 1. The lowest BCUT2D eigenvalue weighted by atomic mass is 9.77. The molecule has 0 unspecified atom stereocenters. The maximum Gasteiger partial charge on any atom is 0.330 e. The normalized spacial score (nSPS) is 42.5. The Morgan fingerprint density at radius 2 is 2.29 bits per heavy atom. The predicted molar refractivity (Wildman–Crippen MR) is 123 cm³/mol. The summed E-state index contributed by atoms with van der Waals surface area (Å²) in [5, 5.41) is 0. The minimum atomic E-state index is -2.82. The van der Waals surface area contributed by atoms with Crippen LogP contribution in [-0.2, 0) is 25.6 Å². The predicted octanol–water partition coefficient (Wildman–Crippen LogP) is 4.06. The zero-order chi connectivity index (χ0) is 22.6. The van der Waals surface area contributed by atoms with Gasteiger partial charge in [0.1, 0.15) is 6.10 Å². The molecule has 31 heavy (non-hydrogen) atoms. The van der Waals surface area contributed by atoms with Crippen LogP contribution in [0.2, 0.25) is 0 Å². The Bertz CT molecular complexity index is 1030. The van der Waals surface area contributed by atoms with Crippen molar-refractivity contribution < 1.29 is 18.2 Å². The van der Waals surface area contributed by atoms with Crippen LogP contribution in [0.15, 0.2) is 34.0 Å². The van der Waals surface area contributed by atoms with Gasteiger partial charge in [-0.05, 0) is 57.3 Å². The van der Waals surface area contributed by atoms with E-state index in [4.69, 9.17) is 25.6 Å². The van der Waals surface area contributed by atoms with Gasteiger partial charge in [-0.25, -0.2) is 9.18 Å². The summed E-state index contributed by atoms with van der Waals surface area (Å²) in [5.74, 6) is 0.392. The van der Waals surface area contributed by atoms with E-state index in [9.17, 15) is 9.59 Å². The van der Waals surface area contributed by atoms with E-state index in [1.54, 1.807) is 0 Å². The molecule has 1 aromatic rings. The Kier molecular flexibility index (Phi) is 6.44. The van der Waals surface area contributed by atoms with E-state index in [2.05, 4.69) is 18.5 Å². The zero-order valence-electron chi connectivity index (χ0n) is 17.8. The molecule has 8 atom stereocenters. The van der Waals surface area contributed by atoms with E-state index in [-0.39, 0.29) is 10.9 Å². The molecule has 4 rings (SSSR count). The van der Waals surface area contributed by atoms with Crippen LogP contribution in [0.4, 0.5) is 4.39 Å². The standard InChI is InChI=1S/C20H28FN2O5PS2/c1-5-13-17(16(21)18(26-13)23-9-7-15(24)22-19(23)25)28-29(30)27-14-10-12(11(2)3)6-8-20(14,4)31-29/h7,9,12-14,16-18H,2,5-6,8,10H2,1,3-4H3,(H,22,24,25)/t12-,13+,14+,16+,17+,18+,20+,29-/m0/s1. The average Bonchev–Trinajstić information content (AvgIpc) is 3.14. The molecule has 0 bridgehead atoms. The van der Waals surface area contributed by atoms with Crippen LogP contribution in [0.3, 0.4) is 0 Å². The number of nitrogens with one attached hydrogen (secondary N) is 1. The number of hydrogen-bond acceptors (Lipinski definition) is 7. The first-order valence-corrected chi connectivity index (χ1v) is 14.5. The van der Waals surface area contributed by atoms with Gasteiger partial charge in [0.05, 0.1) is 12.2 Å². The van der Waals surface area contributed by atoms with Gasteiger partial charge in [0.25, 0.3) is 5.56 Å². The summed E-state index contributed by atoms with van der Waals surface area (Å²) in [5.41, 5.74) is -2.95. The van der Waals surface area contributed by atoms with Crippen LogP contribution in [0, 0.1) is 5.92 Å². The van der Waals surface area contributed by atoms with Crippen LogP contribution >= 0.6 is 17.1 Å². The first-order valence-electron chi connectivity index (χ1n) is 10.5. The Morgan fingerprint density at radius 1 is 1.55 bits per heavy atom. The number of aromatic nitrogens is 2. The molecule has 172 valence electrons. The SMILES string of the molecule is C=C(C)[C@H]1CC[C@@]2(C)S[P@](=S)(O[C@H]3[C@@H](F)[C@H](n4ccc(=O)[nH]c4=O)O[C@@H]3CC)O[C@@H]2C1. The molecule has 0 radical (unpaired) electrons. The van der Waals surface area contributed by atoms with E-state index in [0.717, 1.165) is 35.5 Å². The van der Waals surface area contributed by atoms with Gasteiger partial charge in [-0.15, -0.1) is 0 Å². The molecule has 3 aliphatic rings. The van der Waals surface area contributed by atoms with Crippen molar-refractivity contribution in [1.82, 2.24) is 9.55 Å². The third-order valence-electron chi connectivity index (χ3n) is 6.49. The lowest BCUT2D eigenvalue weighted by molar-refractivity contribution is -0.0268. The van der Waals surface area contributed by atoms with E-state index >= 15 is 4.39 Å². The fourth-order valence-electron chi connectivity index (χ4n) is 4.58. The first kappa shape index (κ1) is 23.4. The summed E-state index contributed by atoms with van der Waals surface area (Å²) in [6.45, 7) is 10.1. The number of nitrogens with zero attached hydrogens (tertiary/aromatic N) is 1. The topological polar surface area (TPSA) is 82.6 Å². The van der Waals surface area contributed by atoms with Crippen molar-refractivity contribution in [3.63, 3.8) is 0 Å². The molecule has 11 heteroatoms. The summed E-state index contributed by atoms with van der Waals surface area (Å²) >= 11 is 7.35. The molecule has 0 aromatic carbocycles. The third kappa shape index (κ3) is 4.39. The zero-order valence-corrected chi connectivity index (χ0v) is 20.3. The Balaban J connectivity index is 1.54. The third-order valence-corrected chi connectivity index (χ3v) is 12.2. The van der Waals surface area contributed by atoms with Crippen molar-refractivity contribution in [2.45, 2.75) is 81.9 Å². The molecule has 3 fully saturated rings. The Hall–Kier alpha value is -0.770. The highest BCUT2D eigenvalue weighted by Crippen LogP contribution is 2.76. The number of hydrogen-bond donors (Lipinski definition) is 1. The molecule has 7 nitrogen and oxygen atoms in total. The van der Waals surface area contributed by atoms with Crippen molar-refractivity contribution in [3.8, 4) is 0 Å². The fourth-order valence-corrected chi connectivity index (χ4v) is 12.1. The average molecular weight is 491 g/mol. The molecule has 0 amide bonds. The van der Waals surface area contributed by atoms with Crippen molar-refractivity contribution in [2.75, 3.05) is 0 Å². The molecular weight excluding hydrogens is 462 g/mol. The maximum atomic E-state index is 15.5. The van der Waals surface area contributed by atoms with Gasteiger partial charge in [-0.1, -0.05) is 30.5 Å². The van der Waals surface area contributed by atoms with E-state index in [1.165, 1.54) is 17.6 Å². The largest absolute Gasteiger partial charge is 0.349 e. The second-order valence-corrected chi connectivity index (χ2v) is 15.3. The van der Waals surface area contributed by atoms with Crippen molar-refractivity contribution in [1.29, 1.82) is 0 Å². The number of rotatable bonds is 5. The smallest absolute Gasteiger partial charge is 0.330 e. The molecule has 1 aromatic heterocycles. The van der Waals surface area contributed by atoms with Crippen molar-refractivity contribution >= 4 is 28.9 Å². The molecule has 1 saturated carbocycles. The molecule has 2 saturated heterocycles. The van der Waals surface area contributed by atoms with Crippen molar-refractivity contribution in [3.05, 3.63) is 45.3 Å². The Labute approximate surface area is 189 Å². The van der Waals surface area contributed by atoms with Crippen molar-refractivity contribution in [2.24, 2.45) is 5.92 Å². The number of halogens is 1. The van der Waals surface area contributed by atoms with Gasteiger partial charge < -0.3 is 13.8 Å². The van der Waals surface area contributed by atoms with Gasteiger partial charge in [0.2, 0.25) is 5.69 Å². The highest BCUT2D eigenvalue weighted by molar-refractivity contribution is 8.68. The van der Waals surface area contributed by atoms with Gasteiger partial charge in [0, 0.05) is 17.0 Å². The van der Waals surface area contributed by atoms with Gasteiger partial charge >= 0.3 is 5.69 Å². The van der Waals surface area contributed by atoms with Gasteiger partial charge in [-0.3, -0.25) is 14.3 Å². The molecular formula is C20H28FN2O5PS2. The molecule has 2 aliphatic heterocycles.